The molecule has 25 heavy (non-hydrogen) atoms. The topological polar surface area (TPSA) is 93.4 Å². The van der Waals surface area contributed by atoms with E-state index >= 15 is 0 Å². The monoisotopic (exact) mass is 345 g/mol. The summed E-state index contributed by atoms with van der Waals surface area (Å²) < 4.78 is 6.90. The minimum Gasteiger partial charge on any atom is -0.481 e. The third-order valence-corrected chi connectivity index (χ3v) is 3.88. The van der Waals surface area contributed by atoms with Gasteiger partial charge in [0.15, 0.2) is 6.10 Å². The smallest absolute Gasteiger partial charge is 0.303 e. The minimum atomic E-state index is -0.886. The Bertz CT molecular complexity index is 699. The lowest BCUT2D eigenvalue weighted by Crippen LogP contribution is -2.40. The van der Waals surface area contributed by atoms with E-state index in [9.17, 15) is 9.59 Å². The summed E-state index contributed by atoms with van der Waals surface area (Å²) in [6.45, 7) is 0. The van der Waals surface area contributed by atoms with Gasteiger partial charge >= 0.3 is 5.97 Å². The molecule has 0 aliphatic rings. The van der Waals surface area contributed by atoms with Gasteiger partial charge in [-0.25, -0.2) is 0 Å². The summed E-state index contributed by atoms with van der Waals surface area (Å²) in [4.78, 5) is 23.5. The highest BCUT2D eigenvalue weighted by molar-refractivity contribution is 5.82. The summed E-state index contributed by atoms with van der Waals surface area (Å²) in [5, 5.41) is 15.9. The van der Waals surface area contributed by atoms with Crippen LogP contribution in [0.4, 0.5) is 0 Å². The Kier molecular flexibility index (Phi) is 6.71. The lowest BCUT2D eigenvalue weighted by atomic mass is 10.0. The van der Waals surface area contributed by atoms with Gasteiger partial charge in [-0.3, -0.25) is 14.3 Å². The van der Waals surface area contributed by atoms with Crippen LogP contribution < -0.4 is 5.32 Å². The number of hydrogen-bond acceptors (Lipinski definition) is 4. The second kappa shape index (κ2) is 8.98. The number of rotatable bonds is 9. The third kappa shape index (κ3) is 5.72. The molecule has 2 atom stereocenters. The van der Waals surface area contributed by atoms with E-state index in [-0.39, 0.29) is 18.4 Å². The number of carbonyl (C=O) groups is 2. The van der Waals surface area contributed by atoms with E-state index in [2.05, 4.69) is 10.4 Å². The molecule has 7 nitrogen and oxygen atoms in total. The van der Waals surface area contributed by atoms with Crippen molar-refractivity contribution in [2.24, 2.45) is 7.05 Å². The van der Waals surface area contributed by atoms with Crippen molar-refractivity contribution < 1.29 is 19.4 Å². The van der Waals surface area contributed by atoms with E-state index in [1.54, 1.807) is 24.1 Å². The standard InChI is InChI=1S/C18H23N3O4/c1-21-12-14(11-19-21)17(25-2)18(24)20-15(8-9-16(22)23)10-13-6-4-3-5-7-13/h3-7,11-12,15,17H,8-10H2,1-2H3,(H,20,24)(H,22,23). The molecule has 2 unspecified atom stereocenters. The summed E-state index contributed by atoms with van der Waals surface area (Å²) in [7, 11) is 3.22. The highest BCUT2D eigenvalue weighted by atomic mass is 16.5. The van der Waals surface area contributed by atoms with Crippen molar-refractivity contribution in [1.29, 1.82) is 0 Å². The number of aliphatic carboxylic acids is 1. The van der Waals surface area contributed by atoms with E-state index in [0.717, 1.165) is 5.56 Å². The molecule has 0 saturated carbocycles. The number of benzene rings is 1. The third-order valence-electron chi connectivity index (χ3n) is 3.88. The zero-order chi connectivity index (χ0) is 18.2. The maximum absolute atomic E-state index is 12.6. The highest BCUT2D eigenvalue weighted by Crippen LogP contribution is 2.17. The Hall–Kier alpha value is -2.67. The van der Waals surface area contributed by atoms with Crippen molar-refractivity contribution in [3.05, 3.63) is 53.9 Å². The Morgan fingerprint density at radius 2 is 2.04 bits per heavy atom. The number of carboxylic acids is 1. The van der Waals surface area contributed by atoms with Crippen LogP contribution in [0.15, 0.2) is 42.7 Å². The zero-order valence-electron chi connectivity index (χ0n) is 14.4. The number of amides is 1. The summed E-state index contributed by atoms with van der Waals surface area (Å²) in [5.41, 5.74) is 1.69. The van der Waals surface area contributed by atoms with Gasteiger partial charge in [-0.1, -0.05) is 30.3 Å². The Balaban J connectivity index is 2.07. The van der Waals surface area contributed by atoms with Crippen LogP contribution in [0.1, 0.15) is 30.1 Å². The maximum atomic E-state index is 12.6. The molecule has 1 aromatic heterocycles. The van der Waals surface area contributed by atoms with E-state index in [1.165, 1.54) is 7.11 Å². The quantitative estimate of drug-likeness (QED) is 0.721. The second-order valence-corrected chi connectivity index (χ2v) is 5.89. The molecule has 0 aliphatic carbocycles. The summed E-state index contributed by atoms with van der Waals surface area (Å²) in [6, 6.07) is 9.36. The maximum Gasteiger partial charge on any atom is 0.303 e. The van der Waals surface area contributed by atoms with Crippen LogP contribution in [0.5, 0.6) is 0 Å². The zero-order valence-corrected chi connectivity index (χ0v) is 14.4. The fourth-order valence-corrected chi connectivity index (χ4v) is 2.67. The minimum absolute atomic E-state index is 0.0116. The molecule has 2 rings (SSSR count). The van der Waals surface area contributed by atoms with E-state index in [0.29, 0.717) is 18.4 Å². The molecule has 0 aliphatic heterocycles. The van der Waals surface area contributed by atoms with Crippen molar-refractivity contribution >= 4 is 11.9 Å². The van der Waals surface area contributed by atoms with Gasteiger partial charge in [-0.05, 0) is 18.4 Å². The molecule has 0 saturated heterocycles. The van der Waals surface area contributed by atoms with Crippen LogP contribution in [0.3, 0.4) is 0 Å². The van der Waals surface area contributed by atoms with Gasteiger partial charge in [0.2, 0.25) is 0 Å². The van der Waals surface area contributed by atoms with Gasteiger partial charge < -0.3 is 15.2 Å². The number of hydrogen-bond donors (Lipinski definition) is 2. The van der Waals surface area contributed by atoms with Crippen LogP contribution in [0, 0.1) is 0 Å². The number of carbonyl (C=O) groups excluding carboxylic acids is 1. The van der Waals surface area contributed by atoms with E-state index in [4.69, 9.17) is 9.84 Å². The molecule has 2 aromatic rings. The van der Waals surface area contributed by atoms with E-state index < -0.39 is 12.1 Å². The number of methoxy groups -OCH3 is 1. The van der Waals surface area contributed by atoms with Gasteiger partial charge in [0.25, 0.3) is 5.91 Å². The molecule has 1 amide bonds. The number of nitrogens with one attached hydrogen (secondary N) is 1. The first-order valence-corrected chi connectivity index (χ1v) is 8.07. The number of aryl methyl sites for hydroxylation is 1. The van der Waals surface area contributed by atoms with Crippen LogP contribution in [-0.4, -0.2) is 39.9 Å². The number of aromatic nitrogens is 2. The fraction of sp³-hybridized carbons (Fsp3) is 0.389. The molecular formula is C18H23N3O4. The molecule has 2 N–H and O–H groups in total. The molecule has 1 aromatic carbocycles. The second-order valence-electron chi connectivity index (χ2n) is 5.89. The molecule has 0 fully saturated rings. The largest absolute Gasteiger partial charge is 0.481 e. The van der Waals surface area contributed by atoms with Gasteiger partial charge in [0.05, 0.1) is 6.20 Å². The Morgan fingerprint density at radius 3 is 2.60 bits per heavy atom. The molecule has 7 heteroatoms. The van der Waals surface area contributed by atoms with E-state index in [1.807, 2.05) is 30.3 Å². The van der Waals surface area contributed by atoms with Crippen LogP contribution in [-0.2, 0) is 27.8 Å². The van der Waals surface area contributed by atoms with Gasteiger partial charge in [-0.2, -0.15) is 5.10 Å². The van der Waals surface area contributed by atoms with Crippen molar-refractivity contribution in [3.63, 3.8) is 0 Å². The molecule has 134 valence electrons. The van der Waals surface area contributed by atoms with Crippen LogP contribution in [0.2, 0.25) is 0 Å². The van der Waals surface area contributed by atoms with Crippen molar-refractivity contribution in [2.75, 3.05) is 7.11 Å². The molecule has 0 radical (unpaired) electrons. The first-order chi connectivity index (χ1) is 12.0. The predicted octanol–water partition coefficient (Wildman–Crippen LogP) is 1.70. The van der Waals surface area contributed by atoms with Crippen molar-refractivity contribution in [1.82, 2.24) is 15.1 Å². The number of nitrogens with zero attached hydrogens (tertiary/aromatic N) is 2. The van der Waals surface area contributed by atoms with Gasteiger partial charge in [-0.15, -0.1) is 0 Å². The molecule has 0 spiro atoms. The van der Waals surface area contributed by atoms with Crippen LogP contribution in [0.25, 0.3) is 0 Å². The average molecular weight is 345 g/mol. The lowest BCUT2D eigenvalue weighted by molar-refractivity contribution is -0.138. The first kappa shape index (κ1) is 18.7. The predicted molar refractivity (Wildman–Crippen MR) is 91.9 cm³/mol. The summed E-state index contributed by atoms with van der Waals surface area (Å²) in [5.74, 6) is -1.19. The summed E-state index contributed by atoms with van der Waals surface area (Å²) in [6.07, 6.45) is 3.41. The van der Waals surface area contributed by atoms with Crippen molar-refractivity contribution in [2.45, 2.75) is 31.4 Å². The number of carboxylic acid groups (broad SMARTS) is 1. The fourth-order valence-electron chi connectivity index (χ4n) is 2.67. The summed E-state index contributed by atoms with van der Waals surface area (Å²) >= 11 is 0. The molecular weight excluding hydrogens is 322 g/mol. The Labute approximate surface area is 146 Å². The average Bonchev–Trinajstić information content (AvgIpc) is 3.00. The SMILES string of the molecule is COC(C(=O)NC(CCC(=O)O)Cc1ccccc1)c1cnn(C)c1. The van der Waals surface area contributed by atoms with Gasteiger partial charge in [0.1, 0.15) is 0 Å². The number of ether oxygens (including phenoxy) is 1. The Morgan fingerprint density at radius 1 is 1.32 bits per heavy atom. The first-order valence-electron chi connectivity index (χ1n) is 8.07. The van der Waals surface area contributed by atoms with Gasteiger partial charge in [0, 0.05) is 38.4 Å². The van der Waals surface area contributed by atoms with Crippen molar-refractivity contribution in [3.8, 4) is 0 Å². The molecule has 0 bridgehead atoms. The van der Waals surface area contributed by atoms with Crippen LogP contribution >= 0.6 is 0 Å². The highest BCUT2D eigenvalue weighted by Gasteiger charge is 2.24. The lowest BCUT2D eigenvalue weighted by Gasteiger charge is -2.21. The molecule has 1 heterocycles. The normalized spacial score (nSPS) is 13.2.